The number of Topliss-reactive ketones (excluding diaryl/α,β-unsaturated/α-hetero) is 1. The van der Waals surface area contributed by atoms with Crippen LogP contribution in [0.5, 0.6) is 0 Å². The summed E-state index contributed by atoms with van der Waals surface area (Å²) >= 11 is 6.02. The Kier molecular flexibility index (Phi) is 8.22. The van der Waals surface area contributed by atoms with Gasteiger partial charge in [0.05, 0.1) is 16.8 Å². The van der Waals surface area contributed by atoms with Gasteiger partial charge in [-0.15, -0.1) is 0 Å². The third-order valence-corrected chi connectivity index (χ3v) is 2.40. The van der Waals surface area contributed by atoms with Crippen LogP contribution < -0.4 is 5.32 Å². The predicted molar refractivity (Wildman–Crippen MR) is 62.2 cm³/mol. The van der Waals surface area contributed by atoms with Crippen LogP contribution in [0.1, 0.15) is 6.92 Å². The van der Waals surface area contributed by atoms with Crippen molar-refractivity contribution >= 4 is 43.6 Å². The number of carbonyl (C=O) groups excluding carboxylic acids is 2. The van der Waals surface area contributed by atoms with Crippen molar-refractivity contribution in [3.8, 4) is 0 Å². The molecule has 0 fully saturated rings. The van der Waals surface area contributed by atoms with Crippen LogP contribution in [0.2, 0.25) is 0 Å². The molecule has 0 saturated carbocycles. The molecule has 7 heteroatoms. The van der Waals surface area contributed by atoms with Crippen molar-refractivity contribution < 1.29 is 19.4 Å². The first-order chi connectivity index (χ1) is 6.97. The van der Waals surface area contributed by atoms with Crippen molar-refractivity contribution in [2.24, 2.45) is 0 Å². The molecule has 0 radical (unpaired) electrons. The Morgan fingerprint density at radius 3 is 2.60 bits per heavy atom. The van der Waals surface area contributed by atoms with Crippen LogP contribution >= 0.6 is 31.9 Å². The molecular weight excluding hydrogens is 334 g/mol. The normalized spacial score (nSPS) is 14.4. The molecule has 15 heavy (non-hydrogen) atoms. The average Bonchev–Trinajstić information content (AvgIpc) is 2.17. The van der Waals surface area contributed by atoms with Crippen LogP contribution in [0, 0.1) is 0 Å². The highest BCUT2D eigenvalue weighted by molar-refractivity contribution is 9.10. The lowest BCUT2D eigenvalue weighted by molar-refractivity contribution is -0.126. The minimum Gasteiger partial charge on any atom is -0.371 e. The molecule has 2 atom stereocenters. The Bertz CT molecular complexity index is 223. The van der Waals surface area contributed by atoms with Crippen molar-refractivity contribution in [2.75, 3.05) is 18.5 Å². The van der Waals surface area contributed by atoms with Crippen molar-refractivity contribution in [2.45, 2.75) is 18.0 Å². The SMILES string of the molecule is CC(Br)C(=O)NC(O)COCC(=O)CBr. The predicted octanol–water partition coefficient (Wildman–Crippen LogP) is 0.185. The van der Waals surface area contributed by atoms with E-state index in [9.17, 15) is 14.7 Å². The topological polar surface area (TPSA) is 75.6 Å². The summed E-state index contributed by atoms with van der Waals surface area (Å²) in [4.78, 5) is 21.5. The van der Waals surface area contributed by atoms with Crippen molar-refractivity contribution in [1.82, 2.24) is 5.32 Å². The monoisotopic (exact) mass is 345 g/mol. The number of alkyl halides is 2. The molecule has 0 aromatic rings. The van der Waals surface area contributed by atoms with E-state index < -0.39 is 6.23 Å². The third kappa shape index (κ3) is 7.89. The van der Waals surface area contributed by atoms with Crippen LogP contribution in [-0.2, 0) is 14.3 Å². The van der Waals surface area contributed by atoms with Crippen molar-refractivity contribution in [3.05, 3.63) is 0 Å². The Hall–Kier alpha value is 0.0200. The quantitative estimate of drug-likeness (QED) is 0.509. The first kappa shape index (κ1) is 15.0. The van der Waals surface area contributed by atoms with E-state index in [1.54, 1.807) is 6.92 Å². The first-order valence-electron chi connectivity index (χ1n) is 4.25. The molecule has 88 valence electrons. The van der Waals surface area contributed by atoms with Gasteiger partial charge in [0.15, 0.2) is 5.78 Å². The molecule has 2 N–H and O–H groups in total. The van der Waals surface area contributed by atoms with Crippen molar-refractivity contribution in [3.63, 3.8) is 0 Å². The van der Waals surface area contributed by atoms with Gasteiger partial charge in [-0.25, -0.2) is 0 Å². The zero-order chi connectivity index (χ0) is 11.8. The lowest BCUT2D eigenvalue weighted by Gasteiger charge is -2.13. The lowest BCUT2D eigenvalue weighted by atomic mass is 10.4. The number of hydrogen-bond donors (Lipinski definition) is 2. The second-order valence-corrected chi connectivity index (χ2v) is 4.76. The Balaban J connectivity index is 3.62. The van der Waals surface area contributed by atoms with E-state index in [4.69, 9.17) is 4.74 Å². The fourth-order valence-corrected chi connectivity index (χ4v) is 0.938. The van der Waals surface area contributed by atoms with Crippen LogP contribution in [0.3, 0.4) is 0 Å². The smallest absolute Gasteiger partial charge is 0.235 e. The number of ether oxygens (including phenoxy) is 1. The molecule has 5 nitrogen and oxygen atoms in total. The summed E-state index contributed by atoms with van der Waals surface area (Å²) < 4.78 is 4.87. The number of ketones is 1. The molecule has 0 bridgehead atoms. The number of hydrogen-bond acceptors (Lipinski definition) is 4. The first-order valence-corrected chi connectivity index (χ1v) is 6.29. The molecule has 0 aliphatic rings. The van der Waals surface area contributed by atoms with E-state index >= 15 is 0 Å². The maximum atomic E-state index is 11.1. The van der Waals surface area contributed by atoms with Gasteiger partial charge in [0.25, 0.3) is 0 Å². The number of nitrogens with one attached hydrogen (secondary N) is 1. The van der Waals surface area contributed by atoms with Crippen molar-refractivity contribution in [1.29, 1.82) is 0 Å². The zero-order valence-corrected chi connectivity index (χ0v) is 11.4. The molecule has 0 saturated heterocycles. The van der Waals surface area contributed by atoms with E-state index in [0.29, 0.717) is 0 Å². The Morgan fingerprint density at radius 1 is 1.53 bits per heavy atom. The molecule has 1 amide bonds. The molecule has 0 rings (SSSR count). The Labute approximate surface area is 105 Å². The number of rotatable bonds is 7. The average molecular weight is 347 g/mol. The molecule has 0 aliphatic carbocycles. The van der Waals surface area contributed by atoms with Gasteiger partial charge in [-0.2, -0.15) is 0 Å². The third-order valence-electron chi connectivity index (χ3n) is 1.36. The molecule has 0 aromatic heterocycles. The number of aliphatic hydroxyl groups excluding tert-OH is 1. The van der Waals surface area contributed by atoms with Gasteiger partial charge in [0.1, 0.15) is 12.8 Å². The fourth-order valence-electron chi connectivity index (χ4n) is 0.644. The molecule has 0 heterocycles. The number of halogens is 2. The summed E-state index contributed by atoms with van der Waals surface area (Å²) in [6.45, 7) is 1.45. The van der Waals surface area contributed by atoms with Gasteiger partial charge in [-0.05, 0) is 6.92 Å². The minimum atomic E-state index is -1.10. The second-order valence-electron chi connectivity index (χ2n) is 2.83. The van der Waals surface area contributed by atoms with Gasteiger partial charge in [-0.3, -0.25) is 9.59 Å². The van der Waals surface area contributed by atoms with E-state index in [0.717, 1.165) is 0 Å². The van der Waals surface area contributed by atoms with Gasteiger partial charge in [-0.1, -0.05) is 31.9 Å². The molecular formula is C8H13Br2NO4. The summed E-state index contributed by atoms with van der Waals surface area (Å²) in [6.07, 6.45) is -1.10. The minimum absolute atomic E-state index is 0.0813. The van der Waals surface area contributed by atoms with Gasteiger partial charge in [0.2, 0.25) is 5.91 Å². The molecule has 2 unspecified atom stereocenters. The number of carbonyl (C=O) groups is 2. The molecule has 0 spiro atoms. The fraction of sp³-hybridized carbons (Fsp3) is 0.750. The summed E-state index contributed by atoms with van der Waals surface area (Å²) in [5.74, 6) is -0.458. The van der Waals surface area contributed by atoms with E-state index in [-0.39, 0.29) is 35.1 Å². The van der Waals surface area contributed by atoms with Crippen LogP contribution in [0.4, 0.5) is 0 Å². The highest BCUT2D eigenvalue weighted by Gasteiger charge is 2.13. The maximum Gasteiger partial charge on any atom is 0.235 e. The van der Waals surface area contributed by atoms with E-state index in [2.05, 4.69) is 37.2 Å². The highest BCUT2D eigenvalue weighted by atomic mass is 79.9. The van der Waals surface area contributed by atoms with E-state index in [1.165, 1.54) is 0 Å². The number of aliphatic hydroxyl groups is 1. The summed E-state index contributed by atoms with van der Waals surface area (Å²) in [7, 11) is 0. The zero-order valence-electron chi connectivity index (χ0n) is 8.20. The van der Waals surface area contributed by atoms with E-state index in [1.807, 2.05) is 0 Å². The lowest BCUT2D eigenvalue weighted by Crippen LogP contribution is -2.41. The number of amides is 1. The van der Waals surface area contributed by atoms with Crippen LogP contribution in [0.25, 0.3) is 0 Å². The second kappa shape index (κ2) is 8.20. The van der Waals surface area contributed by atoms with Crippen LogP contribution in [-0.4, -0.2) is 46.4 Å². The highest BCUT2D eigenvalue weighted by Crippen LogP contribution is 1.97. The summed E-state index contributed by atoms with van der Waals surface area (Å²) in [5.41, 5.74) is 0. The van der Waals surface area contributed by atoms with Gasteiger partial charge < -0.3 is 15.2 Å². The summed E-state index contributed by atoms with van der Waals surface area (Å²) in [5, 5.41) is 11.8. The van der Waals surface area contributed by atoms with Gasteiger partial charge >= 0.3 is 0 Å². The van der Waals surface area contributed by atoms with Crippen LogP contribution in [0.15, 0.2) is 0 Å². The largest absolute Gasteiger partial charge is 0.371 e. The standard InChI is InChI=1S/C8H13Br2NO4/c1-5(10)8(14)11-7(13)4-15-3-6(12)2-9/h5,7,13H,2-4H2,1H3,(H,11,14). The maximum absolute atomic E-state index is 11.1. The molecule has 0 aliphatic heterocycles. The van der Waals surface area contributed by atoms with Gasteiger partial charge in [0, 0.05) is 0 Å². The molecule has 0 aromatic carbocycles. The Morgan fingerprint density at radius 2 is 2.13 bits per heavy atom. The summed E-state index contributed by atoms with van der Waals surface area (Å²) in [6, 6.07) is 0.